The standard InChI is InChI=1S/C21H34N2O/c1-2-3-4-5-6-7-12-17-24-18-13-8-9-16-21-22-19-14-10-11-15-20(19)23-21/h10-11,14-15H,2-9,12-13,16-18H2,1H3,(H,22,23). The fourth-order valence-corrected chi connectivity index (χ4v) is 3.06. The minimum atomic E-state index is 0.913. The summed E-state index contributed by atoms with van der Waals surface area (Å²) in [7, 11) is 0. The van der Waals surface area contributed by atoms with Crippen LogP contribution >= 0.6 is 0 Å². The summed E-state index contributed by atoms with van der Waals surface area (Å²) in [5.41, 5.74) is 2.22. The number of aromatic amines is 1. The fourth-order valence-electron chi connectivity index (χ4n) is 3.06. The third-order valence-corrected chi connectivity index (χ3v) is 4.53. The van der Waals surface area contributed by atoms with Crippen molar-refractivity contribution in [1.29, 1.82) is 0 Å². The van der Waals surface area contributed by atoms with Gasteiger partial charge in [0.05, 0.1) is 11.0 Å². The first-order valence-electron chi connectivity index (χ1n) is 9.91. The van der Waals surface area contributed by atoms with Crippen LogP contribution in [0.2, 0.25) is 0 Å². The zero-order valence-corrected chi connectivity index (χ0v) is 15.4. The first kappa shape index (κ1) is 19.0. The van der Waals surface area contributed by atoms with Gasteiger partial charge in [-0.05, 0) is 31.4 Å². The molecule has 0 aliphatic heterocycles. The van der Waals surface area contributed by atoms with Gasteiger partial charge in [-0.1, -0.05) is 64.0 Å². The Morgan fingerprint density at radius 3 is 2.25 bits per heavy atom. The lowest BCUT2D eigenvalue weighted by atomic mass is 10.1. The summed E-state index contributed by atoms with van der Waals surface area (Å²) < 4.78 is 5.74. The first-order valence-corrected chi connectivity index (χ1v) is 9.91. The largest absolute Gasteiger partial charge is 0.381 e. The maximum atomic E-state index is 5.74. The maximum Gasteiger partial charge on any atom is 0.107 e. The number of imidazole rings is 1. The van der Waals surface area contributed by atoms with Gasteiger partial charge in [0.15, 0.2) is 0 Å². The molecule has 24 heavy (non-hydrogen) atoms. The molecule has 134 valence electrons. The number of aromatic nitrogens is 2. The second-order valence-electron chi connectivity index (χ2n) is 6.74. The minimum absolute atomic E-state index is 0.913. The van der Waals surface area contributed by atoms with Crippen molar-refractivity contribution in [2.45, 2.75) is 77.6 Å². The van der Waals surface area contributed by atoms with Gasteiger partial charge in [-0.25, -0.2) is 4.98 Å². The molecule has 0 unspecified atom stereocenters. The van der Waals surface area contributed by atoms with Crippen LogP contribution in [-0.4, -0.2) is 23.2 Å². The predicted molar refractivity (Wildman–Crippen MR) is 102 cm³/mol. The minimum Gasteiger partial charge on any atom is -0.381 e. The molecule has 0 atom stereocenters. The van der Waals surface area contributed by atoms with Gasteiger partial charge in [-0.2, -0.15) is 0 Å². The summed E-state index contributed by atoms with van der Waals surface area (Å²) in [5, 5.41) is 0. The zero-order chi connectivity index (χ0) is 16.9. The van der Waals surface area contributed by atoms with Crippen LogP contribution in [0, 0.1) is 0 Å². The summed E-state index contributed by atoms with van der Waals surface area (Å²) in [5.74, 6) is 1.11. The molecule has 0 saturated heterocycles. The van der Waals surface area contributed by atoms with Crippen LogP contribution in [0.15, 0.2) is 24.3 Å². The molecule has 0 amide bonds. The lowest BCUT2D eigenvalue weighted by Gasteiger charge is -2.04. The monoisotopic (exact) mass is 330 g/mol. The van der Waals surface area contributed by atoms with Gasteiger partial charge in [0.25, 0.3) is 0 Å². The second-order valence-corrected chi connectivity index (χ2v) is 6.74. The summed E-state index contributed by atoms with van der Waals surface area (Å²) in [6.07, 6.45) is 14.1. The van der Waals surface area contributed by atoms with E-state index in [9.17, 15) is 0 Å². The SMILES string of the molecule is CCCCCCCCCOCCCCCc1nc2ccccc2[nH]1. The van der Waals surface area contributed by atoms with E-state index in [0.29, 0.717) is 0 Å². The predicted octanol–water partition coefficient (Wildman–Crippen LogP) is 6.04. The van der Waals surface area contributed by atoms with E-state index in [4.69, 9.17) is 4.74 Å². The van der Waals surface area contributed by atoms with Crippen molar-refractivity contribution < 1.29 is 4.74 Å². The number of H-pyrrole nitrogens is 1. The molecule has 0 bridgehead atoms. The molecule has 0 aliphatic carbocycles. The molecule has 1 heterocycles. The molecule has 0 fully saturated rings. The van der Waals surface area contributed by atoms with E-state index in [1.807, 2.05) is 12.1 Å². The molecule has 1 N–H and O–H groups in total. The Kier molecular flexibility index (Phi) is 9.55. The van der Waals surface area contributed by atoms with Crippen molar-refractivity contribution in [1.82, 2.24) is 9.97 Å². The first-order chi connectivity index (χ1) is 11.9. The van der Waals surface area contributed by atoms with Gasteiger partial charge in [-0.15, -0.1) is 0 Å². The Morgan fingerprint density at radius 1 is 0.833 bits per heavy atom. The molecule has 0 aliphatic rings. The van der Waals surface area contributed by atoms with E-state index in [1.165, 1.54) is 57.8 Å². The lowest BCUT2D eigenvalue weighted by molar-refractivity contribution is 0.126. The molecule has 2 rings (SSSR count). The van der Waals surface area contributed by atoms with Crippen LogP contribution in [0.3, 0.4) is 0 Å². The van der Waals surface area contributed by atoms with Gasteiger partial charge < -0.3 is 9.72 Å². The van der Waals surface area contributed by atoms with Crippen LogP contribution in [-0.2, 0) is 11.2 Å². The van der Waals surface area contributed by atoms with E-state index in [2.05, 4.69) is 29.0 Å². The van der Waals surface area contributed by atoms with Gasteiger partial charge in [0.1, 0.15) is 5.82 Å². The number of ether oxygens (including phenoxy) is 1. The summed E-state index contributed by atoms with van der Waals surface area (Å²) in [4.78, 5) is 8.02. The highest BCUT2D eigenvalue weighted by molar-refractivity contribution is 5.74. The average Bonchev–Trinajstić information content (AvgIpc) is 3.02. The molecule has 3 heteroatoms. The Bertz CT molecular complexity index is 517. The van der Waals surface area contributed by atoms with Gasteiger partial charge >= 0.3 is 0 Å². The van der Waals surface area contributed by atoms with Crippen molar-refractivity contribution in [2.75, 3.05) is 13.2 Å². The number of nitrogens with zero attached hydrogens (tertiary/aromatic N) is 1. The van der Waals surface area contributed by atoms with Crippen molar-refractivity contribution in [3.8, 4) is 0 Å². The Labute approximate surface area is 147 Å². The molecular weight excluding hydrogens is 296 g/mol. The third-order valence-electron chi connectivity index (χ3n) is 4.53. The van der Waals surface area contributed by atoms with E-state index in [0.717, 1.165) is 42.9 Å². The molecule has 2 aromatic rings. The molecular formula is C21H34N2O. The number of rotatable bonds is 14. The number of hydrogen-bond acceptors (Lipinski definition) is 2. The third kappa shape index (κ3) is 7.48. The van der Waals surface area contributed by atoms with Crippen LogP contribution in [0.25, 0.3) is 11.0 Å². The van der Waals surface area contributed by atoms with Crippen LogP contribution in [0.4, 0.5) is 0 Å². The van der Waals surface area contributed by atoms with Gasteiger partial charge in [-0.3, -0.25) is 0 Å². The molecule has 3 nitrogen and oxygen atoms in total. The lowest BCUT2D eigenvalue weighted by Crippen LogP contribution is -1.98. The smallest absolute Gasteiger partial charge is 0.107 e. The van der Waals surface area contributed by atoms with E-state index in [1.54, 1.807) is 0 Å². The fraction of sp³-hybridized carbons (Fsp3) is 0.667. The summed E-state index contributed by atoms with van der Waals surface area (Å²) >= 11 is 0. The second kappa shape index (κ2) is 12.1. The van der Waals surface area contributed by atoms with Gasteiger partial charge in [0, 0.05) is 19.6 Å². The molecule has 0 saturated carbocycles. The number of para-hydroxylation sites is 2. The normalized spacial score (nSPS) is 11.4. The van der Waals surface area contributed by atoms with E-state index in [-0.39, 0.29) is 0 Å². The van der Waals surface area contributed by atoms with Crippen molar-refractivity contribution in [3.05, 3.63) is 30.1 Å². The number of nitrogens with one attached hydrogen (secondary N) is 1. The number of unbranched alkanes of at least 4 members (excludes halogenated alkanes) is 8. The van der Waals surface area contributed by atoms with E-state index >= 15 is 0 Å². The van der Waals surface area contributed by atoms with Crippen molar-refractivity contribution in [2.24, 2.45) is 0 Å². The number of fused-ring (bicyclic) bond motifs is 1. The van der Waals surface area contributed by atoms with Crippen molar-refractivity contribution >= 4 is 11.0 Å². The highest BCUT2D eigenvalue weighted by Crippen LogP contribution is 2.12. The Hall–Kier alpha value is -1.35. The number of benzene rings is 1. The Morgan fingerprint density at radius 2 is 1.50 bits per heavy atom. The summed E-state index contributed by atoms with van der Waals surface area (Å²) in [6.45, 7) is 4.12. The number of hydrogen-bond donors (Lipinski definition) is 1. The highest BCUT2D eigenvalue weighted by Gasteiger charge is 2.01. The molecule has 0 radical (unpaired) electrons. The highest BCUT2D eigenvalue weighted by atomic mass is 16.5. The number of aryl methyl sites for hydroxylation is 1. The summed E-state index contributed by atoms with van der Waals surface area (Å²) in [6, 6.07) is 8.23. The quantitative estimate of drug-likeness (QED) is 0.429. The zero-order valence-electron chi connectivity index (χ0n) is 15.4. The van der Waals surface area contributed by atoms with Crippen molar-refractivity contribution in [3.63, 3.8) is 0 Å². The van der Waals surface area contributed by atoms with Gasteiger partial charge in [0.2, 0.25) is 0 Å². The topological polar surface area (TPSA) is 37.9 Å². The van der Waals surface area contributed by atoms with Crippen LogP contribution in [0.5, 0.6) is 0 Å². The molecule has 1 aromatic carbocycles. The van der Waals surface area contributed by atoms with Crippen LogP contribution < -0.4 is 0 Å². The molecule has 0 spiro atoms. The van der Waals surface area contributed by atoms with Crippen LogP contribution in [0.1, 0.15) is 77.0 Å². The maximum absolute atomic E-state index is 5.74. The molecule has 1 aromatic heterocycles. The van der Waals surface area contributed by atoms with E-state index < -0.39 is 0 Å². The Balaban J connectivity index is 1.39. The average molecular weight is 331 g/mol.